The molecule has 1 heterocycles. The van der Waals surface area contributed by atoms with E-state index in [0.717, 1.165) is 12.8 Å². The van der Waals surface area contributed by atoms with Gasteiger partial charge in [0, 0.05) is 13.1 Å². The number of carbonyl (C=O) groups excluding carboxylic acids is 3. The Labute approximate surface area is 189 Å². The summed E-state index contributed by atoms with van der Waals surface area (Å²) in [5, 5.41) is 6.16. The van der Waals surface area contributed by atoms with Gasteiger partial charge in [-0.05, 0) is 44.7 Å². The first kappa shape index (κ1) is 25.0. The monoisotopic (exact) mass is 451 g/mol. The van der Waals surface area contributed by atoms with Gasteiger partial charge in [-0.25, -0.2) is 4.79 Å². The van der Waals surface area contributed by atoms with Crippen molar-refractivity contribution in [2.24, 2.45) is 5.92 Å². The molecule has 1 aromatic rings. The second kappa shape index (κ2) is 11.9. The highest BCUT2D eigenvalue weighted by Gasteiger charge is 2.42. The van der Waals surface area contributed by atoms with Crippen molar-refractivity contribution >= 4 is 35.2 Å². The molecule has 31 heavy (non-hydrogen) atoms. The largest absolute Gasteiger partial charge is 0.466 e. The third-order valence-electron chi connectivity index (χ3n) is 5.64. The average molecular weight is 452 g/mol. The van der Waals surface area contributed by atoms with Gasteiger partial charge in [-0.3, -0.25) is 9.59 Å². The summed E-state index contributed by atoms with van der Waals surface area (Å²) in [6.45, 7) is 7.10. The maximum atomic E-state index is 13.6. The number of ether oxygens (including phenoxy) is 1. The third-order valence-corrected chi connectivity index (χ3v) is 5.97. The number of anilines is 1. The Balaban J connectivity index is 2.12. The van der Waals surface area contributed by atoms with E-state index < -0.39 is 11.6 Å². The van der Waals surface area contributed by atoms with Crippen LogP contribution in [0.2, 0.25) is 5.02 Å². The molecule has 3 amide bonds. The number of nitrogens with one attached hydrogen (secondary N) is 2. The number of likely N-dealkylation sites (tertiary alicyclic amines) is 1. The summed E-state index contributed by atoms with van der Waals surface area (Å²) in [5.74, 6) is -0.458. The molecule has 7 nitrogen and oxygen atoms in total. The number of urea groups is 1. The number of hydrogen-bond donors (Lipinski definition) is 2. The number of carbonyl (C=O) groups is 3. The number of para-hydroxylation sites is 1. The smallest absolute Gasteiger partial charge is 0.320 e. The van der Waals surface area contributed by atoms with Crippen LogP contribution in [0.3, 0.4) is 0 Å². The van der Waals surface area contributed by atoms with Crippen LogP contribution in [-0.4, -0.2) is 48.0 Å². The first-order chi connectivity index (χ1) is 14.9. The van der Waals surface area contributed by atoms with E-state index in [-0.39, 0.29) is 17.8 Å². The van der Waals surface area contributed by atoms with Crippen LogP contribution < -0.4 is 10.6 Å². The lowest BCUT2D eigenvalue weighted by atomic mass is 9.85. The van der Waals surface area contributed by atoms with Crippen molar-refractivity contribution in [3.63, 3.8) is 0 Å². The molecule has 0 saturated carbocycles. The van der Waals surface area contributed by atoms with Crippen LogP contribution >= 0.6 is 11.6 Å². The molecular weight excluding hydrogens is 418 g/mol. The fourth-order valence-electron chi connectivity index (χ4n) is 4.19. The van der Waals surface area contributed by atoms with Gasteiger partial charge < -0.3 is 20.3 Å². The highest BCUT2D eigenvalue weighted by Crippen LogP contribution is 2.28. The van der Waals surface area contributed by atoms with Crippen LogP contribution in [-0.2, 0) is 14.3 Å². The van der Waals surface area contributed by atoms with Crippen LogP contribution in [0.1, 0.15) is 59.3 Å². The highest BCUT2D eigenvalue weighted by atomic mass is 35.5. The fourth-order valence-corrected chi connectivity index (χ4v) is 4.37. The second-order valence-electron chi connectivity index (χ2n) is 7.96. The van der Waals surface area contributed by atoms with Crippen LogP contribution in [0.25, 0.3) is 0 Å². The molecule has 0 aliphatic carbocycles. The molecular formula is C23H34ClN3O4. The first-order valence-corrected chi connectivity index (χ1v) is 11.5. The summed E-state index contributed by atoms with van der Waals surface area (Å²) in [7, 11) is 0. The Hall–Kier alpha value is -2.28. The van der Waals surface area contributed by atoms with Gasteiger partial charge in [0.15, 0.2) is 0 Å². The Morgan fingerprint density at radius 3 is 2.26 bits per heavy atom. The van der Waals surface area contributed by atoms with Crippen molar-refractivity contribution < 1.29 is 19.1 Å². The molecule has 1 fully saturated rings. The molecule has 172 valence electrons. The molecule has 1 saturated heterocycles. The average Bonchev–Trinajstić information content (AvgIpc) is 2.75. The van der Waals surface area contributed by atoms with Gasteiger partial charge in [-0.15, -0.1) is 0 Å². The van der Waals surface area contributed by atoms with Crippen molar-refractivity contribution in [3.8, 4) is 0 Å². The van der Waals surface area contributed by atoms with Crippen molar-refractivity contribution in [1.82, 2.24) is 10.2 Å². The quantitative estimate of drug-likeness (QED) is 0.537. The molecule has 8 heteroatoms. The van der Waals surface area contributed by atoms with Gasteiger partial charge in [-0.2, -0.15) is 0 Å². The molecule has 0 spiro atoms. The van der Waals surface area contributed by atoms with Gasteiger partial charge in [0.05, 0.1) is 23.2 Å². The normalized spacial score (nSPS) is 14.8. The van der Waals surface area contributed by atoms with Gasteiger partial charge >= 0.3 is 12.0 Å². The Morgan fingerprint density at radius 1 is 1.10 bits per heavy atom. The number of esters is 1. The van der Waals surface area contributed by atoms with Crippen LogP contribution in [0.4, 0.5) is 10.5 Å². The number of rotatable bonds is 9. The number of benzene rings is 1. The molecule has 1 aliphatic heterocycles. The Morgan fingerprint density at radius 2 is 1.71 bits per heavy atom. The zero-order chi connectivity index (χ0) is 22.9. The molecule has 2 rings (SSSR count). The fraction of sp³-hybridized carbons (Fsp3) is 0.609. The van der Waals surface area contributed by atoms with Gasteiger partial charge in [-0.1, -0.05) is 50.4 Å². The van der Waals surface area contributed by atoms with E-state index in [1.165, 1.54) is 0 Å². The molecule has 2 N–H and O–H groups in total. The number of halogens is 1. The van der Waals surface area contributed by atoms with Crippen LogP contribution in [0, 0.1) is 5.92 Å². The van der Waals surface area contributed by atoms with E-state index in [1.54, 1.807) is 36.1 Å². The van der Waals surface area contributed by atoms with E-state index in [9.17, 15) is 14.4 Å². The topological polar surface area (TPSA) is 87.7 Å². The van der Waals surface area contributed by atoms with Crippen molar-refractivity contribution in [1.29, 1.82) is 0 Å². The van der Waals surface area contributed by atoms with Crippen molar-refractivity contribution in [2.45, 2.75) is 64.8 Å². The Kier molecular flexibility index (Phi) is 9.62. The lowest BCUT2D eigenvalue weighted by Gasteiger charge is -2.40. The molecule has 0 atom stereocenters. The summed E-state index contributed by atoms with van der Waals surface area (Å²) < 4.78 is 5.12. The standard InChI is InChI=1S/C23H34ClN3O4/c1-4-13-23(14-5-2,26-22(30)25-19-10-8-7-9-18(19)24)21(29)27-15-11-17(12-16-27)20(28)31-6-3/h7-10,17H,4-6,11-16H2,1-3H3,(H2,25,26,30). The van der Waals surface area contributed by atoms with E-state index >= 15 is 0 Å². The second-order valence-corrected chi connectivity index (χ2v) is 8.37. The molecule has 0 aromatic heterocycles. The number of nitrogens with zero attached hydrogens (tertiary/aromatic N) is 1. The summed E-state index contributed by atoms with van der Waals surface area (Å²) >= 11 is 6.15. The maximum Gasteiger partial charge on any atom is 0.320 e. The lowest BCUT2D eigenvalue weighted by Crippen LogP contribution is -2.61. The lowest BCUT2D eigenvalue weighted by molar-refractivity contribution is -0.152. The molecule has 0 unspecified atom stereocenters. The zero-order valence-electron chi connectivity index (χ0n) is 18.7. The predicted molar refractivity (Wildman–Crippen MR) is 122 cm³/mol. The SMILES string of the molecule is CCCC(CCC)(NC(=O)Nc1ccccc1Cl)C(=O)N1CCC(C(=O)OCC)CC1. The molecule has 1 aliphatic rings. The number of piperidine rings is 1. The molecule has 1 aromatic carbocycles. The minimum atomic E-state index is -0.994. The molecule has 0 bridgehead atoms. The highest BCUT2D eigenvalue weighted by molar-refractivity contribution is 6.33. The maximum absolute atomic E-state index is 13.6. The summed E-state index contributed by atoms with van der Waals surface area (Å²) in [6, 6.07) is 6.52. The van der Waals surface area contributed by atoms with Gasteiger partial charge in [0.2, 0.25) is 5.91 Å². The van der Waals surface area contributed by atoms with E-state index in [4.69, 9.17) is 16.3 Å². The van der Waals surface area contributed by atoms with Crippen LogP contribution in [0.15, 0.2) is 24.3 Å². The number of amides is 3. The number of hydrogen-bond acceptors (Lipinski definition) is 4. The van der Waals surface area contributed by atoms with Crippen LogP contribution in [0.5, 0.6) is 0 Å². The predicted octanol–water partition coefficient (Wildman–Crippen LogP) is 4.60. The van der Waals surface area contributed by atoms with E-state index in [2.05, 4.69) is 10.6 Å². The third kappa shape index (κ3) is 6.60. The first-order valence-electron chi connectivity index (χ1n) is 11.2. The van der Waals surface area contributed by atoms with Gasteiger partial charge in [0.1, 0.15) is 5.54 Å². The minimum Gasteiger partial charge on any atom is -0.466 e. The summed E-state index contributed by atoms with van der Waals surface area (Å²) in [5.41, 5.74) is -0.503. The Bertz CT molecular complexity index is 757. The minimum absolute atomic E-state index is 0.0900. The van der Waals surface area contributed by atoms with Crippen molar-refractivity contribution in [3.05, 3.63) is 29.3 Å². The summed E-state index contributed by atoms with van der Waals surface area (Å²) in [4.78, 5) is 40.2. The van der Waals surface area contributed by atoms with Gasteiger partial charge in [0.25, 0.3) is 0 Å². The zero-order valence-corrected chi connectivity index (χ0v) is 19.5. The molecule has 0 radical (unpaired) electrons. The van der Waals surface area contributed by atoms with E-state index in [1.807, 2.05) is 13.8 Å². The summed E-state index contributed by atoms with van der Waals surface area (Å²) in [6.07, 6.45) is 3.71. The van der Waals surface area contributed by atoms with E-state index in [0.29, 0.717) is 56.1 Å². The van der Waals surface area contributed by atoms with Crippen molar-refractivity contribution in [2.75, 3.05) is 25.0 Å².